The van der Waals surface area contributed by atoms with E-state index in [0.29, 0.717) is 45.2 Å². The van der Waals surface area contributed by atoms with Crippen LogP contribution >= 0.6 is 23.2 Å². The lowest BCUT2D eigenvalue weighted by Gasteiger charge is -2.14. The number of aromatic carboxylic acids is 1. The molecule has 33 heavy (non-hydrogen) atoms. The Kier molecular flexibility index (Phi) is 6.88. The van der Waals surface area contributed by atoms with E-state index in [4.69, 9.17) is 27.9 Å². The molecule has 0 aliphatic carbocycles. The quantitative estimate of drug-likeness (QED) is 0.322. The number of hydrogen-bond acceptors (Lipinski definition) is 3. The highest BCUT2D eigenvalue weighted by Crippen LogP contribution is 2.30. The lowest BCUT2D eigenvalue weighted by Crippen LogP contribution is -2.04. The summed E-state index contributed by atoms with van der Waals surface area (Å²) >= 11 is 12.1. The highest BCUT2D eigenvalue weighted by atomic mass is 35.5. The minimum atomic E-state index is -1.03. The smallest absolute Gasteiger partial charge is 0.336 e. The Hall–Kier alpha value is -3.06. The fourth-order valence-corrected chi connectivity index (χ4v) is 4.20. The maximum absolute atomic E-state index is 14.2. The minimum Gasteiger partial charge on any atom is -0.488 e. The van der Waals surface area contributed by atoms with Crippen LogP contribution in [0.4, 0.5) is 4.39 Å². The van der Waals surface area contributed by atoms with Gasteiger partial charge < -0.3 is 19.5 Å². The van der Waals surface area contributed by atoms with E-state index in [1.807, 2.05) is 16.8 Å². The van der Waals surface area contributed by atoms with Gasteiger partial charge in [-0.1, -0.05) is 35.3 Å². The van der Waals surface area contributed by atoms with Crippen LogP contribution in [-0.4, -0.2) is 27.4 Å². The fraction of sp³-hybridized carbons (Fsp3) is 0.160. The summed E-state index contributed by atoms with van der Waals surface area (Å²) < 4.78 is 22.0. The number of nitrogens with zero attached hydrogens (tertiary/aromatic N) is 1. The van der Waals surface area contributed by atoms with E-state index in [9.17, 15) is 19.4 Å². The molecule has 2 N–H and O–H groups in total. The molecule has 0 saturated heterocycles. The molecule has 0 aliphatic heterocycles. The van der Waals surface area contributed by atoms with Crippen LogP contribution in [0.3, 0.4) is 0 Å². The van der Waals surface area contributed by atoms with Crippen LogP contribution in [0.25, 0.3) is 10.9 Å². The van der Waals surface area contributed by atoms with Crippen molar-refractivity contribution in [2.45, 2.75) is 19.6 Å². The summed E-state index contributed by atoms with van der Waals surface area (Å²) in [6.07, 6.45) is 2.15. The Morgan fingerprint density at radius 2 is 1.76 bits per heavy atom. The van der Waals surface area contributed by atoms with Crippen LogP contribution in [0, 0.1) is 5.82 Å². The van der Waals surface area contributed by atoms with Gasteiger partial charge in [-0.05, 0) is 54.4 Å². The monoisotopic (exact) mass is 487 g/mol. The van der Waals surface area contributed by atoms with Gasteiger partial charge in [-0.15, -0.1) is 0 Å². The first-order chi connectivity index (χ1) is 15.9. The zero-order valence-electron chi connectivity index (χ0n) is 17.4. The summed E-state index contributed by atoms with van der Waals surface area (Å²) in [5.74, 6) is -0.965. The molecule has 0 radical (unpaired) electrons. The van der Waals surface area contributed by atoms with Crippen LogP contribution in [0.2, 0.25) is 10.0 Å². The summed E-state index contributed by atoms with van der Waals surface area (Å²) in [6.45, 7) is 0.234. The van der Waals surface area contributed by atoms with Crippen molar-refractivity contribution < 1.29 is 24.1 Å². The molecule has 0 amide bonds. The number of benzene rings is 3. The maximum atomic E-state index is 14.2. The number of fused-ring (bicyclic) bond motifs is 1. The van der Waals surface area contributed by atoms with Gasteiger partial charge in [0.05, 0.1) is 12.1 Å². The number of carboxylic acids is 1. The summed E-state index contributed by atoms with van der Waals surface area (Å²) in [5.41, 5.74) is 2.73. The molecule has 0 fully saturated rings. The van der Waals surface area contributed by atoms with Gasteiger partial charge in [0.1, 0.15) is 18.2 Å². The van der Waals surface area contributed by atoms with Crippen molar-refractivity contribution in [3.05, 3.63) is 98.9 Å². The summed E-state index contributed by atoms with van der Waals surface area (Å²) in [6, 6.07) is 14.6. The molecule has 1 heterocycles. The molecular formula is C25H20Cl2FNO4. The third-order valence-corrected chi connectivity index (χ3v) is 5.83. The normalized spacial score (nSPS) is 11.2. The van der Waals surface area contributed by atoms with Crippen molar-refractivity contribution >= 4 is 40.1 Å². The number of carboxylic acid groups (broad SMARTS) is 1. The average molecular weight is 488 g/mol. The minimum absolute atomic E-state index is 0.00296. The van der Waals surface area contributed by atoms with Crippen molar-refractivity contribution in [1.82, 2.24) is 4.57 Å². The topological polar surface area (TPSA) is 71.7 Å². The number of aliphatic hydroxyl groups is 1. The Morgan fingerprint density at radius 1 is 1.00 bits per heavy atom. The van der Waals surface area contributed by atoms with E-state index >= 15 is 0 Å². The largest absolute Gasteiger partial charge is 0.488 e. The average Bonchev–Trinajstić information content (AvgIpc) is 3.12. The molecule has 170 valence electrons. The van der Waals surface area contributed by atoms with E-state index in [-0.39, 0.29) is 18.8 Å². The zero-order valence-corrected chi connectivity index (χ0v) is 18.9. The standard InChI is InChI=1S/C25H20Cl2FNO4/c26-18-6-7-23(33-14-16-4-5-19(27)11-21(16)28)17(10-18)13-29-12-15(8-9-30)24-20(25(31)32)2-1-3-22(24)29/h1-7,10-12,30H,8-9,13-14H2,(H,31,32). The second-order valence-electron chi connectivity index (χ2n) is 7.54. The molecule has 0 aliphatic rings. The molecule has 5 nitrogen and oxygen atoms in total. The van der Waals surface area contributed by atoms with E-state index in [2.05, 4.69) is 0 Å². The summed E-state index contributed by atoms with van der Waals surface area (Å²) in [4.78, 5) is 11.8. The Labute approximate surface area is 199 Å². The predicted molar refractivity (Wildman–Crippen MR) is 126 cm³/mol. The van der Waals surface area contributed by atoms with Crippen molar-refractivity contribution in [2.24, 2.45) is 0 Å². The van der Waals surface area contributed by atoms with E-state index < -0.39 is 11.8 Å². The SMILES string of the molecule is O=C(O)c1cccc2c1c(CCO)cn2Cc1cc(Cl)ccc1OCc1ccc(Cl)cc1F. The molecule has 0 bridgehead atoms. The van der Waals surface area contributed by atoms with Gasteiger partial charge in [0, 0.05) is 44.9 Å². The predicted octanol–water partition coefficient (Wildman–Crippen LogP) is 5.95. The maximum Gasteiger partial charge on any atom is 0.336 e. The van der Waals surface area contributed by atoms with Gasteiger partial charge in [-0.2, -0.15) is 0 Å². The van der Waals surface area contributed by atoms with Crippen molar-refractivity contribution in [2.75, 3.05) is 6.61 Å². The molecule has 4 rings (SSSR count). The van der Waals surface area contributed by atoms with E-state index in [1.54, 1.807) is 42.5 Å². The highest BCUT2D eigenvalue weighted by molar-refractivity contribution is 6.30. The Balaban J connectivity index is 1.70. The molecule has 0 atom stereocenters. The number of halogens is 3. The van der Waals surface area contributed by atoms with Crippen LogP contribution in [-0.2, 0) is 19.6 Å². The fourth-order valence-electron chi connectivity index (χ4n) is 3.85. The summed E-state index contributed by atoms with van der Waals surface area (Å²) in [5, 5.41) is 20.5. The van der Waals surface area contributed by atoms with E-state index in [1.165, 1.54) is 6.07 Å². The molecule has 4 aromatic rings. The molecule has 0 unspecified atom stereocenters. The number of rotatable bonds is 8. The lowest BCUT2D eigenvalue weighted by atomic mass is 10.0. The second-order valence-corrected chi connectivity index (χ2v) is 8.41. The third-order valence-electron chi connectivity index (χ3n) is 5.36. The van der Waals surface area contributed by atoms with Crippen LogP contribution in [0.5, 0.6) is 5.75 Å². The Morgan fingerprint density at radius 3 is 2.48 bits per heavy atom. The van der Waals surface area contributed by atoms with Crippen LogP contribution < -0.4 is 4.74 Å². The highest BCUT2D eigenvalue weighted by Gasteiger charge is 2.17. The number of ether oxygens (including phenoxy) is 1. The van der Waals surface area contributed by atoms with Crippen molar-refractivity contribution in [3.8, 4) is 5.75 Å². The number of carbonyl (C=O) groups is 1. The van der Waals surface area contributed by atoms with E-state index in [0.717, 1.165) is 11.1 Å². The Bertz CT molecular complexity index is 1340. The molecule has 0 spiro atoms. The molecular weight excluding hydrogens is 468 g/mol. The van der Waals surface area contributed by atoms with Gasteiger partial charge in [0.2, 0.25) is 0 Å². The number of hydrogen-bond donors (Lipinski definition) is 2. The number of aromatic nitrogens is 1. The van der Waals surface area contributed by atoms with Gasteiger partial charge in [0.15, 0.2) is 0 Å². The first-order valence-electron chi connectivity index (χ1n) is 10.2. The third kappa shape index (κ3) is 4.98. The van der Waals surface area contributed by atoms with Gasteiger partial charge >= 0.3 is 5.97 Å². The van der Waals surface area contributed by atoms with Crippen LogP contribution in [0.1, 0.15) is 27.0 Å². The van der Waals surface area contributed by atoms with Gasteiger partial charge in [0.25, 0.3) is 0 Å². The zero-order chi connectivity index (χ0) is 23.5. The summed E-state index contributed by atoms with van der Waals surface area (Å²) in [7, 11) is 0. The second kappa shape index (κ2) is 9.83. The van der Waals surface area contributed by atoms with Crippen molar-refractivity contribution in [3.63, 3.8) is 0 Å². The van der Waals surface area contributed by atoms with Crippen molar-refractivity contribution in [1.29, 1.82) is 0 Å². The first kappa shape index (κ1) is 23.1. The molecule has 3 aromatic carbocycles. The first-order valence-corrected chi connectivity index (χ1v) is 10.9. The molecule has 0 saturated carbocycles. The lowest BCUT2D eigenvalue weighted by molar-refractivity contribution is 0.0699. The molecule has 8 heteroatoms. The molecule has 1 aromatic heterocycles. The van der Waals surface area contributed by atoms with Gasteiger partial charge in [-0.25, -0.2) is 9.18 Å². The van der Waals surface area contributed by atoms with Gasteiger partial charge in [-0.3, -0.25) is 0 Å². The number of aliphatic hydroxyl groups excluding tert-OH is 1. The van der Waals surface area contributed by atoms with Crippen LogP contribution in [0.15, 0.2) is 60.8 Å².